The minimum absolute atomic E-state index is 0.0395. The van der Waals surface area contributed by atoms with Crippen molar-refractivity contribution in [3.05, 3.63) is 83.4 Å². The third-order valence-electron chi connectivity index (χ3n) is 5.51. The summed E-state index contributed by atoms with van der Waals surface area (Å²) < 4.78 is 26.8. The van der Waals surface area contributed by atoms with Crippen molar-refractivity contribution in [2.75, 3.05) is 13.1 Å². The van der Waals surface area contributed by atoms with Gasteiger partial charge in [-0.2, -0.15) is 0 Å². The normalized spacial score (nSPS) is 16.8. The molecule has 0 unspecified atom stereocenters. The molecule has 0 aromatic heterocycles. The lowest BCUT2D eigenvalue weighted by atomic mass is 10.0. The summed E-state index contributed by atoms with van der Waals surface area (Å²) in [6, 6.07) is 16.8. The summed E-state index contributed by atoms with van der Waals surface area (Å²) in [5, 5.41) is 7.70. The molecule has 2 N–H and O–H groups in total. The maximum atomic E-state index is 13.8. The van der Waals surface area contributed by atoms with Gasteiger partial charge in [-0.25, -0.2) is 8.78 Å². The smallest absolute Gasteiger partial charge is 0.237 e. The van der Waals surface area contributed by atoms with Crippen molar-refractivity contribution in [1.29, 1.82) is 0 Å². The van der Waals surface area contributed by atoms with E-state index in [1.807, 2.05) is 41.3 Å². The molecule has 7 heteroatoms. The molecule has 160 valence electrons. The minimum Gasteiger partial charge on any atom is -0.353 e. The van der Waals surface area contributed by atoms with Crippen molar-refractivity contribution in [2.45, 2.75) is 25.6 Å². The molecule has 1 saturated heterocycles. The number of piperazine rings is 1. The molecule has 1 aliphatic rings. The van der Waals surface area contributed by atoms with Gasteiger partial charge >= 0.3 is 0 Å². The zero-order chi connectivity index (χ0) is 21.8. The van der Waals surface area contributed by atoms with Crippen LogP contribution in [0.3, 0.4) is 0 Å². The molecule has 1 fully saturated rings. The van der Waals surface area contributed by atoms with Gasteiger partial charge in [0, 0.05) is 37.8 Å². The summed E-state index contributed by atoms with van der Waals surface area (Å²) in [7, 11) is 0. The van der Waals surface area contributed by atoms with Crippen LogP contribution in [0, 0.1) is 11.6 Å². The van der Waals surface area contributed by atoms with E-state index in [4.69, 9.17) is 0 Å². The van der Waals surface area contributed by atoms with Crippen LogP contribution in [0.25, 0.3) is 10.8 Å². The Morgan fingerprint density at radius 2 is 1.87 bits per heavy atom. The fraction of sp³-hybridized carbons (Fsp3) is 0.250. The molecule has 1 heterocycles. The number of carbonyl (C=O) groups is 2. The summed E-state index contributed by atoms with van der Waals surface area (Å²) in [5.41, 5.74) is 1.25. The lowest BCUT2D eigenvalue weighted by Gasteiger charge is -2.34. The monoisotopic (exact) mass is 423 g/mol. The van der Waals surface area contributed by atoms with E-state index in [1.54, 1.807) is 0 Å². The number of rotatable bonds is 6. The molecule has 2 amide bonds. The van der Waals surface area contributed by atoms with Crippen molar-refractivity contribution in [3.8, 4) is 0 Å². The number of hydrogen-bond donors (Lipinski definition) is 2. The van der Waals surface area contributed by atoms with Crippen molar-refractivity contribution in [3.63, 3.8) is 0 Å². The van der Waals surface area contributed by atoms with Gasteiger partial charge in [-0.3, -0.25) is 14.5 Å². The number of nitrogens with zero attached hydrogens (tertiary/aromatic N) is 1. The Bertz CT molecular complexity index is 1120. The number of fused-ring (bicyclic) bond motifs is 1. The number of nitrogens with one attached hydrogen (secondary N) is 2. The number of benzene rings is 3. The van der Waals surface area contributed by atoms with Crippen molar-refractivity contribution in [2.24, 2.45) is 0 Å². The summed E-state index contributed by atoms with van der Waals surface area (Å²) in [5.74, 6) is -1.95. The second-order valence-electron chi connectivity index (χ2n) is 7.68. The highest BCUT2D eigenvalue weighted by Gasteiger charge is 2.31. The molecule has 0 aliphatic carbocycles. The third kappa shape index (κ3) is 5.06. The fourth-order valence-electron chi connectivity index (χ4n) is 3.85. The summed E-state index contributed by atoms with van der Waals surface area (Å²) in [6.07, 6.45) is -0.0395. The molecule has 5 nitrogen and oxygen atoms in total. The molecular formula is C24H23F2N3O2. The highest BCUT2D eigenvalue weighted by atomic mass is 19.1. The lowest BCUT2D eigenvalue weighted by molar-refractivity contribution is -0.134. The quantitative estimate of drug-likeness (QED) is 0.641. The van der Waals surface area contributed by atoms with E-state index < -0.39 is 17.7 Å². The number of amides is 2. The second kappa shape index (κ2) is 9.22. The average Bonchev–Trinajstić information content (AvgIpc) is 2.75. The topological polar surface area (TPSA) is 61.4 Å². The number of carbonyl (C=O) groups excluding carboxylic acids is 2. The van der Waals surface area contributed by atoms with Gasteiger partial charge < -0.3 is 10.6 Å². The van der Waals surface area contributed by atoms with Crippen LogP contribution in [0.2, 0.25) is 0 Å². The molecule has 3 aromatic rings. The van der Waals surface area contributed by atoms with Gasteiger partial charge in [-0.15, -0.1) is 0 Å². The van der Waals surface area contributed by atoms with Crippen molar-refractivity contribution in [1.82, 2.24) is 15.5 Å². The van der Waals surface area contributed by atoms with Crippen LogP contribution < -0.4 is 10.6 Å². The largest absolute Gasteiger partial charge is 0.353 e. The summed E-state index contributed by atoms with van der Waals surface area (Å²) >= 11 is 0. The summed E-state index contributed by atoms with van der Waals surface area (Å²) in [6.45, 7) is 1.63. The van der Waals surface area contributed by atoms with E-state index in [0.29, 0.717) is 19.6 Å². The standard InChI is InChI=1S/C24H23F2N3O2/c25-20-8-7-19(21(26)12-20)14-28-23(30)13-22-24(31)27-9-10-29(22)15-16-5-6-17-3-1-2-4-18(17)11-16/h1-8,11-12,22H,9-10,13-15H2,(H,27,31)(H,28,30)/t22-/m1/s1. The van der Waals surface area contributed by atoms with Crippen molar-refractivity contribution < 1.29 is 18.4 Å². The maximum absolute atomic E-state index is 13.8. The Balaban J connectivity index is 1.41. The van der Waals surface area contributed by atoms with Crippen LogP contribution in [0.5, 0.6) is 0 Å². The van der Waals surface area contributed by atoms with Crippen LogP contribution in [0.4, 0.5) is 8.78 Å². The molecule has 1 atom stereocenters. The molecule has 0 saturated carbocycles. The Labute approximate surface area is 179 Å². The number of hydrogen-bond acceptors (Lipinski definition) is 3. The van der Waals surface area contributed by atoms with E-state index in [1.165, 1.54) is 6.07 Å². The first-order valence-electron chi connectivity index (χ1n) is 10.2. The van der Waals surface area contributed by atoms with Gasteiger partial charge in [0.05, 0.1) is 12.5 Å². The van der Waals surface area contributed by atoms with Gasteiger partial charge in [-0.1, -0.05) is 42.5 Å². The minimum atomic E-state index is -0.714. The Kier molecular flexibility index (Phi) is 6.23. The predicted molar refractivity (Wildman–Crippen MR) is 114 cm³/mol. The highest BCUT2D eigenvalue weighted by molar-refractivity contribution is 5.89. The fourth-order valence-corrected chi connectivity index (χ4v) is 3.85. The van der Waals surface area contributed by atoms with Gasteiger partial charge in [0.2, 0.25) is 11.8 Å². The van der Waals surface area contributed by atoms with Crippen LogP contribution >= 0.6 is 0 Å². The SMILES string of the molecule is O=C(C[C@@H]1C(=O)NCCN1Cc1ccc2ccccc2c1)NCc1ccc(F)cc1F. The first-order valence-corrected chi connectivity index (χ1v) is 10.2. The van der Waals surface area contributed by atoms with Crippen LogP contribution in [-0.2, 0) is 22.7 Å². The number of halogens is 2. The molecule has 31 heavy (non-hydrogen) atoms. The predicted octanol–water partition coefficient (Wildman–Crippen LogP) is 3.12. The van der Waals surface area contributed by atoms with E-state index in [0.717, 1.165) is 28.5 Å². The molecular weight excluding hydrogens is 400 g/mol. The zero-order valence-corrected chi connectivity index (χ0v) is 16.9. The van der Waals surface area contributed by atoms with Crippen LogP contribution in [0.1, 0.15) is 17.5 Å². The average molecular weight is 423 g/mol. The van der Waals surface area contributed by atoms with Gasteiger partial charge in [0.25, 0.3) is 0 Å². The first kappa shape index (κ1) is 20.9. The van der Waals surface area contributed by atoms with Crippen LogP contribution in [0.15, 0.2) is 60.7 Å². The van der Waals surface area contributed by atoms with E-state index in [2.05, 4.69) is 16.7 Å². The third-order valence-corrected chi connectivity index (χ3v) is 5.51. The molecule has 3 aromatic carbocycles. The zero-order valence-electron chi connectivity index (χ0n) is 16.9. The van der Waals surface area contributed by atoms with E-state index in [9.17, 15) is 18.4 Å². The van der Waals surface area contributed by atoms with Crippen LogP contribution in [-0.4, -0.2) is 35.8 Å². The maximum Gasteiger partial charge on any atom is 0.237 e. The molecule has 0 radical (unpaired) electrons. The first-order chi connectivity index (χ1) is 15.0. The Hall–Kier alpha value is -3.32. The molecule has 0 bridgehead atoms. The van der Waals surface area contributed by atoms with E-state index in [-0.39, 0.29) is 30.3 Å². The van der Waals surface area contributed by atoms with Gasteiger partial charge in [-0.05, 0) is 28.5 Å². The van der Waals surface area contributed by atoms with Crippen molar-refractivity contribution >= 4 is 22.6 Å². The Morgan fingerprint density at radius 1 is 1.06 bits per heavy atom. The van der Waals surface area contributed by atoms with E-state index >= 15 is 0 Å². The molecule has 0 spiro atoms. The molecule has 1 aliphatic heterocycles. The Morgan fingerprint density at radius 3 is 2.68 bits per heavy atom. The van der Waals surface area contributed by atoms with Gasteiger partial charge in [0.1, 0.15) is 11.6 Å². The summed E-state index contributed by atoms with van der Waals surface area (Å²) in [4.78, 5) is 26.9. The highest BCUT2D eigenvalue weighted by Crippen LogP contribution is 2.19. The lowest BCUT2D eigenvalue weighted by Crippen LogP contribution is -2.56. The van der Waals surface area contributed by atoms with Gasteiger partial charge in [0.15, 0.2) is 0 Å². The second-order valence-corrected chi connectivity index (χ2v) is 7.68. The molecule has 4 rings (SSSR count).